The van der Waals surface area contributed by atoms with Crippen LogP contribution >= 0.6 is 0 Å². The maximum atomic E-state index is 11.5. The Morgan fingerprint density at radius 1 is 1.35 bits per heavy atom. The van der Waals surface area contributed by atoms with Crippen LogP contribution in [0.4, 0.5) is 0 Å². The van der Waals surface area contributed by atoms with Crippen LogP contribution in [-0.2, 0) is 4.79 Å². The van der Waals surface area contributed by atoms with Crippen LogP contribution in [0.2, 0.25) is 0 Å². The summed E-state index contributed by atoms with van der Waals surface area (Å²) in [6.07, 6.45) is 6.18. The van der Waals surface area contributed by atoms with Gasteiger partial charge in [0.1, 0.15) is 0 Å². The van der Waals surface area contributed by atoms with Crippen molar-refractivity contribution in [1.82, 2.24) is 0 Å². The third-order valence-corrected chi connectivity index (χ3v) is 3.98. The molecular weight excluding hydrogens is 216 g/mol. The van der Waals surface area contributed by atoms with Crippen LogP contribution in [-0.4, -0.2) is 21.8 Å². The molecule has 1 fully saturated rings. The minimum absolute atomic E-state index is 0.369. The molecule has 0 aliphatic heterocycles. The van der Waals surface area contributed by atoms with Crippen LogP contribution < -0.4 is 0 Å². The second-order valence-electron chi connectivity index (χ2n) is 6.31. The molecule has 3 heteroatoms. The van der Waals surface area contributed by atoms with E-state index >= 15 is 0 Å². The first-order valence-corrected chi connectivity index (χ1v) is 6.75. The van der Waals surface area contributed by atoms with Gasteiger partial charge in [-0.3, -0.25) is 4.79 Å². The molecule has 0 bridgehead atoms. The number of hydrogen-bond acceptors (Lipinski definition) is 2. The molecule has 0 amide bonds. The molecule has 1 aliphatic rings. The second-order valence-corrected chi connectivity index (χ2v) is 6.31. The summed E-state index contributed by atoms with van der Waals surface area (Å²) in [6.45, 7) is 5.58. The highest BCUT2D eigenvalue weighted by Crippen LogP contribution is 2.45. The van der Waals surface area contributed by atoms with Gasteiger partial charge in [-0.25, -0.2) is 0 Å². The molecule has 17 heavy (non-hydrogen) atoms. The molecule has 2 N–H and O–H groups in total. The van der Waals surface area contributed by atoms with Crippen molar-refractivity contribution >= 4 is 5.97 Å². The van der Waals surface area contributed by atoms with Gasteiger partial charge in [-0.05, 0) is 51.9 Å². The molecule has 0 unspecified atom stereocenters. The van der Waals surface area contributed by atoms with E-state index in [4.69, 9.17) is 0 Å². The Kier molecular flexibility index (Phi) is 4.59. The monoisotopic (exact) mass is 242 g/mol. The molecule has 100 valence electrons. The van der Waals surface area contributed by atoms with Gasteiger partial charge in [-0.1, -0.05) is 19.8 Å². The third-order valence-electron chi connectivity index (χ3n) is 3.98. The van der Waals surface area contributed by atoms with Gasteiger partial charge in [-0.15, -0.1) is 0 Å². The van der Waals surface area contributed by atoms with E-state index in [2.05, 4.69) is 6.92 Å². The van der Waals surface area contributed by atoms with E-state index in [-0.39, 0.29) is 0 Å². The Bertz CT molecular complexity index is 257. The van der Waals surface area contributed by atoms with E-state index in [0.29, 0.717) is 12.3 Å². The highest BCUT2D eigenvalue weighted by atomic mass is 16.4. The van der Waals surface area contributed by atoms with Gasteiger partial charge in [0.25, 0.3) is 0 Å². The number of carboxylic acid groups (broad SMARTS) is 1. The molecule has 3 nitrogen and oxygen atoms in total. The van der Waals surface area contributed by atoms with Crippen LogP contribution in [0.25, 0.3) is 0 Å². The number of rotatable bonds is 5. The van der Waals surface area contributed by atoms with Crippen molar-refractivity contribution in [1.29, 1.82) is 0 Å². The molecule has 0 atom stereocenters. The fraction of sp³-hybridized carbons (Fsp3) is 0.929. The fourth-order valence-corrected chi connectivity index (χ4v) is 3.22. The summed E-state index contributed by atoms with van der Waals surface area (Å²) in [6, 6.07) is 0. The molecule has 0 spiro atoms. The lowest BCUT2D eigenvalue weighted by Crippen LogP contribution is -2.41. The van der Waals surface area contributed by atoms with Gasteiger partial charge >= 0.3 is 5.97 Å². The number of hydrogen-bond donors (Lipinski definition) is 2. The molecule has 1 rings (SSSR count). The van der Waals surface area contributed by atoms with Gasteiger partial charge < -0.3 is 10.2 Å². The summed E-state index contributed by atoms with van der Waals surface area (Å²) < 4.78 is 0. The molecule has 0 radical (unpaired) electrons. The Morgan fingerprint density at radius 2 is 1.88 bits per heavy atom. The molecule has 0 saturated heterocycles. The van der Waals surface area contributed by atoms with Crippen molar-refractivity contribution in [3.05, 3.63) is 0 Å². The van der Waals surface area contributed by atoms with E-state index < -0.39 is 17.0 Å². The molecule has 0 heterocycles. The number of carboxylic acids is 1. The SMILES string of the molecule is CCCC1CCC(CC(C)(C)O)(C(=O)O)CC1. The second kappa shape index (κ2) is 5.38. The first-order valence-electron chi connectivity index (χ1n) is 6.75. The summed E-state index contributed by atoms with van der Waals surface area (Å²) in [5.41, 5.74) is -1.58. The van der Waals surface area contributed by atoms with Crippen LogP contribution in [0.3, 0.4) is 0 Å². The maximum absolute atomic E-state index is 11.5. The number of aliphatic hydroxyl groups is 1. The molecule has 1 aliphatic carbocycles. The third kappa shape index (κ3) is 3.98. The minimum Gasteiger partial charge on any atom is -0.481 e. The Balaban J connectivity index is 2.67. The average molecular weight is 242 g/mol. The van der Waals surface area contributed by atoms with Crippen LogP contribution in [0.15, 0.2) is 0 Å². The molecule has 0 aromatic rings. The summed E-state index contributed by atoms with van der Waals surface area (Å²) >= 11 is 0. The zero-order valence-corrected chi connectivity index (χ0v) is 11.3. The summed E-state index contributed by atoms with van der Waals surface area (Å²) in [7, 11) is 0. The molecule has 0 aromatic heterocycles. The van der Waals surface area contributed by atoms with Crippen molar-refractivity contribution in [3.63, 3.8) is 0 Å². The van der Waals surface area contributed by atoms with Crippen LogP contribution in [0.5, 0.6) is 0 Å². The van der Waals surface area contributed by atoms with Crippen molar-refractivity contribution in [2.45, 2.75) is 71.3 Å². The summed E-state index contributed by atoms with van der Waals surface area (Å²) in [5.74, 6) is -0.0381. The molecule has 0 aromatic carbocycles. The lowest BCUT2D eigenvalue weighted by molar-refractivity contribution is -0.156. The van der Waals surface area contributed by atoms with Gasteiger partial charge in [0, 0.05) is 0 Å². The quantitative estimate of drug-likeness (QED) is 0.778. The van der Waals surface area contributed by atoms with Gasteiger partial charge in [-0.2, -0.15) is 0 Å². The van der Waals surface area contributed by atoms with Crippen molar-refractivity contribution in [3.8, 4) is 0 Å². The predicted molar refractivity (Wildman–Crippen MR) is 67.8 cm³/mol. The lowest BCUT2D eigenvalue weighted by atomic mass is 9.65. The first-order chi connectivity index (χ1) is 7.79. The average Bonchev–Trinajstić information content (AvgIpc) is 2.19. The standard InChI is InChI=1S/C14H26O3/c1-4-5-11-6-8-14(9-7-11,12(15)16)10-13(2,3)17/h11,17H,4-10H2,1-3H3,(H,15,16). The van der Waals surface area contributed by atoms with E-state index in [1.807, 2.05) is 0 Å². The number of aliphatic carboxylic acids is 1. The normalized spacial score (nSPS) is 30.2. The summed E-state index contributed by atoms with van der Waals surface area (Å²) in [5, 5.41) is 19.3. The molecular formula is C14H26O3. The van der Waals surface area contributed by atoms with Crippen molar-refractivity contribution in [2.75, 3.05) is 0 Å². The summed E-state index contributed by atoms with van der Waals surface area (Å²) in [4.78, 5) is 11.5. The van der Waals surface area contributed by atoms with Crippen molar-refractivity contribution < 1.29 is 15.0 Å². The number of carbonyl (C=O) groups is 1. The fourth-order valence-electron chi connectivity index (χ4n) is 3.22. The highest BCUT2D eigenvalue weighted by Gasteiger charge is 2.44. The predicted octanol–water partition coefficient (Wildman–Crippen LogP) is 3.21. The zero-order valence-electron chi connectivity index (χ0n) is 11.3. The van der Waals surface area contributed by atoms with Gasteiger partial charge in [0.2, 0.25) is 0 Å². The minimum atomic E-state index is -0.893. The highest BCUT2D eigenvalue weighted by molar-refractivity contribution is 5.74. The van der Waals surface area contributed by atoms with E-state index in [9.17, 15) is 15.0 Å². The van der Waals surface area contributed by atoms with E-state index in [0.717, 1.165) is 25.7 Å². The Labute approximate surface area is 104 Å². The van der Waals surface area contributed by atoms with E-state index in [1.165, 1.54) is 12.8 Å². The largest absolute Gasteiger partial charge is 0.481 e. The first kappa shape index (κ1) is 14.5. The Morgan fingerprint density at radius 3 is 2.24 bits per heavy atom. The topological polar surface area (TPSA) is 57.5 Å². The van der Waals surface area contributed by atoms with Crippen LogP contribution in [0, 0.1) is 11.3 Å². The Hall–Kier alpha value is -0.570. The molecule has 1 saturated carbocycles. The lowest BCUT2D eigenvalue weighted by Gasteiger charge is -2.40. The smallest absolute Gasteiger partial charge is 0.309 e. The van der Waals surface area contributed by atoms with Crippen molar-refractivity contribution in [2.24, 2.45) is 11.3 Å². The van der Waals surface area contributed by atoms with Gasteiger partial charge in [0.05, 0.1) is 11.0 Å². The van der Waals surface area contributed by atoms with Gasteiger partial charge in [0.15, 0.2) is 0 Å². The van der Waals surface area contributed by atoms with E-state index in [1.54, 1.807) is 13.8 Å². The van der Waals surface area contributed by atoms with Crippen LogP contribution in [0.1, 0.15) is 65.7 Å². The zero-order chi connectivity index (χ0) is 13.1. The maximum Gasteiger partial charge on any atom is 0.309 e.